The number of nitrogens with zero attached hydrogens (tertiary/aromatic N) is 3. The Morgan fingerprint density at radius 1 is 1.07 bits per heavy atom. The van der Waals surface area contributed by atoms with Crippen molar-refractivity contribution in [3.8, 4) is 0 Å². The summed E-state index contributed by atoms with van der Waals surface area (Å²) in [5.41, 5.74) is 0.968. The molecule has 148 valence electrons. The van der Waals surface area contributed by atoms with E-state index in [1.165, 1.54) is 0 Å². The quantitative estimate of drug-likeness (QED) is 0.801. The van der Waals surface area contributed by atoms with E-state index in [1.807, 2.05) is 40.1 Å². The van der Waals surface area contributed by atoms with Crippen molar-refractivity contribution < 1.29 is 14.3 Å². The first-order valence-electron chi connectivity index (χ1n) is 9.45. The molecule has 8 heteroatoms. The minimum Gasteiger partial charge on any atom is -0.366 e. The topological polar surface area (TPSA) is 65.1 Å². The molecule has 2 unspecified atom stereocenters. The Labute approximate surface area is 166 Å². The van der Waals surface area contributed by atoms with Crippen molar-refractivity contribution in [1.29, 1.82) is 0 Å². The number of para-hydroxylation sites is 1. The average molecular weight is 395 g/mol. The summed E-state index contributed by atoms with van der Waals surface area (Å²) in [7, 11) is 0. The van der Waals surface area contributed by atoms with Crippen molar-refractivity contribution in [1.82, 2.24) is 15.1 Å². The van der Waals surface area contributed by atoms with Crippen molar-refractivity contribution in [2.24, 2.45) is 0 Å². The fourth-order valence-corrected chi connectivity index (χ4v) is 4.05. The highest BCUT2D eigenvalue weighted by Crippen LogP contribution is 2.25. The monoisotopic (exact) mass is 394 g/mol. The van der Waals surface area contributed by atoms with Crippen molar-refractivity contribution in [2.45, 2.75) is 18.6 Å². The van der Waals surface area contributed by atoms with Gasteiger partial charge in [-0.1, -0.05) is 18.2 Å². The van der Waals surface area contributed by atoms with Gasteiger partial charge in [0.25, 0.3) is 5.91 Å². The number of rotatable bonds is 3. The molecule has 0 aliphatic carbocycles. The lowest BCUT2D eigenvalue weighted by atomic mass is 10.1. The normalized spacial score (nSPS) is 26.7. The number of morpholine rings is 1. The highest BCUT2D eigenvalue weighted by molar-refractivity contribution is 5.99. The van der Waals surface area contributed by atoms with Crippen LogP contribution in [-0.4, -0.2) is 86.2 Å². The molecule has 0 aromatic heterocycles. The van der Waals surface area contributed by atoms with Gasteiger partial charge < -0.3 is 19.9 Å². The zero-order valence-corrected chi connectivity index (χ0v) is 16.2. The molecule has 0 radical (unpaired) electrons. The molecule has 3 aliphatic rings. The van der Waals surface area contributed by atoms with Crippen LogP contribution in [-0.2, 0) is 14.3 Å². The lowest BCUT2D eigenvalue weighted by Gasteiger charge is -2.39. The first-order valence-corrected chi connectivity index (χ1v) is 9.45. The van der Waals surface area contributed by atoms with Gasteiger partial charge in [0.15, 0.2) is 0 Å². The van der Waals surface area contributed by atoms with Gasteiger partial charge in [-0.3, -0.25) is 14.5 Å². The van der Waals surface area contributed by atoms with Crippen LogP contribution < -0.4 is 10.2 Å². The molecule has 4 rings (SSSR count). The number of nitrogens with one attached hydrogen (secondary N) is 1. The third-order valence-corrected chi connectivity index (χ3v) is 5.51. The van der Waals surface area contributed by atoms with E-state index in [9.17, 15) is 9.59 Å². The second-order valence-corrected chi connectivity index (χ2v) is 7.05. The summed E-state index contributed by atoms with van der Waals surface area (Å²) in [4.78, 5) is 31.4. The molecule has 0 bridgehead atoms. The minimum atomic E-state index is -0.364. The number of carbonyl (C=O) groups excluding carboxylic acids is 2. The zero-order chi connectivity index (χ0) is 17.9. The number of hydrogen-bond donors (Lipinski definition) is 1. The molecular weight excluding hydrogens is 368 g/mol. The van der Waals surface area contributed by atoms with E-state index in [0.29, 0.717) is 26.2 Å². The smallest absolute Gasteiger partial charge is 0.253 e. The maximum absolute atomic E-state index is 12.8. The van der Waals surface area contributed by atoms with E-state index in [4.69, 9.17) is 4.74 Å². The largest absolute Gasteiger partial charge is 0.366 e. The SMILES string of the molecule is Cl.O=C(C1CNCCO1)N1CCN(C2CCN(c3ccccc3)C2=O)CC1. The molecule has 0 saturated carbocycles. The number of ether oxygens (including phenoxy) is 1. The number of benzene rings is 1. The maximum atomic E-state index is 12.8. The standard InChI is InChI=1S/C19H26N4O3.ClH/c24-18-16(6-8-23(18)15-4-2-1-3-5-15)21-9-11-22(12-10-21)19(25)17-14-20-7-13-26-17;/h1-5,16-17,20H,6-14H2;1H. The minimum absolute atomic E-state index is 0. The number of hydrogen-bond acceptors (Lipinski definition) is 5. The average Bonchev–Trinajstić information content (AvgIpc) is 3.10. The van der Waals surface area contributed by atoms with E-state index in [1.54, 1.807) is 0 Å². The van der Waals surface area contributed by atoms with Crippen molar-refractivity contribution in [3.05, 3.63) is 30.3 Å². The van der Waals surface area contributed by atoms with E-state index in [-0.39, 0.29) is 36.4 Å². The molecule has 1 aromatic rings. The summed E-state index contributed by atoms with van der Waals surface area (Å²) < 4.78 is 5.57. The fraction of sp³-hybridized carbons (Fsp3) is 0.579. The summed E-state index contributed by atoms with van der Waals surface area (Å²) in [5.74, 6) is 0.247. The maximum Gasteiger partial charge on any atom is 0.253 e. The van der Waals surface area contributed by atoms with Crippen LogP contribution in [0.3, 0.4) is 0 Å². The van der Waals surface area contributed by atoms with E-state index < -0.39 is 0 Å². The number of carbonyl (C=O) groups is 2. The van der Waals surface area contributed by atoms with Gasteiger partial charge in [-0.2, -0.15) is 0 Å². The van der Waals surface area contributed by atoms with E-state index >= 15 is 0 Å². The molecule has 2 atom stereocenters. The Kier molecular flexibility index (Phi) is 6.70. The molecule has 3 fully saturated rings. The van der Waals surface area contributed by atoms with Gasteiger partial charge in [0.05, 0.1) is 12.6 Å². The van der Waals surface area contributed by atoms with Gasteiger partial charge in [-0.15, -0.1) is 12.4 Å². The van der Waals surface area contributed by atoms with Gasteiger partial charge in [0.1, 0.15) is 6.10 Å². The Hall–Kier alpha value is -1.67. The van der Waals surface area contributed by atoms with Gasteiger partial charge in [-0.05, 0) is 18.6 Å². The van der Waals surface area contributed by atoms with E-state index in [2.05, 4.69) is 10.2 Å². The van der Waals surface area contributed by atoms with Crippen LogP contribution in [0.15, 0.2) is 30.3 Å². The highest BCUT2D eigenvalue weighted by atomic mass is 35.5. The molecule has 27 heavy (non-hydrogen) atoms. The molecular formula is C19H27ClN4O3. The Morgan fingerprint density at radius 3 is 2.48 bits per heavy atom. The van der Waals surface area contributed by atoms with Crippen molar-refractivity contribution >= 4 is 29.9 Å². The van der Waals surface area contributed by atoms with Gasteiger partial charge in [0.2, 0.25) is 5.91 Å². The van der Waals surface area contributed by atoms with Gasteiger partial charge >= 0.3 is 0 Å². The van der Waals surface area contributed by atoms with Gasteiger partial charge in [0, 0.05) is 51.5 Å². The van der Waals surface area contributed by atoms with Crippen LogP contribution in [0.5, 0.6) is 0 Å². The summed E-state index contributed by atoms with van der Waals surface area (Å²) in [6, 6.07) is 9.78. The second kappa shape index (κ2) is 9.01. The number of halogens is 1. The number of piperazine rings is 1. The third kappa shape index (κ3) is 4.27. The Bertz CT molecular complexity index is 646. The molecule has 7 nitrogen and oxygen atoms in total. The first-order chi connectivity index (χ1) is 12.7. The third-order valence-electron chi connectivity index (χ3n) is 5.51. The molecule has 3 saturated heterocycles. The summed E-state index contributed by atoms with van der Waals surface area (Å²) in [6.45, 7) is 5.54. The van der Waals surface area contributed by atoms with Crippen molar-refractivity contribution in [3.63, 3.8) is 0 Å². The lowest BCUT2D eigenvalue weighted by Crippen LogP contribution is -2.57. The lowest BCUT2D eigenvalue weighted by molar-refractivity contribution is -0.147. The number of amides is 2. The fourth-order valence-electron chi connectivity index (χ4n) is 4.05. The summed E-state index contributed by atoms with van der Waals surface area (Å²) >= 11 is 0. The summed E-state index contributed by atoms with van der Waals surface area (Å²) in [6.07, 6.45) is 0.481. The summed E-state index contributed by atoms with van der Waals surface area (Å²) in [5, 5.41) is 3.20. The van der Waals surface area contributed by atoms with Crippen LogP contribution in [0.1, 0.15) is 6.42 Å². The molecule has 0 spiro atoms. The predicted octanol–water partition coefficient (Wildman–Crippen LogP) is 0.346. The molecule has 1 aromatic carbocycles. The zero-order valence-electron chi connectivity index (χ0n) is 15.4. The number of anilines is 1. The first kappa shape index (κ1) is 20.1. The van der Waals surface area contributed by atoms with E-state index in [0.717, 1.165) is 38.3 Å². The van der Waals surface area contributed by atoms with Crippen LogP contribution in [0.25, 0.3) is 0 Å². The van der Waals surface area contributed by atoms with Crippen LogP contribution in [0.2, 0.25) is 0 Å². The molecule has 1 N–H and O–H groups in total. The molecule has 2 amide bonds. The predicted molar refractivity (Wildman–Crippen MR) is 105 cm³/mol. The Morgan fingerprint density at radius 2 is 1.81 bits per heavy atom. The molecule has 3 aliphatic heterocycles. The Balaban J connectivity index is 0.00000210. The highest BCUT2D eigenvalue weighted by Gasteiger charge is 2.39. The van der Waals surface area contributed by atoms with Crippen LogP contribution >= 0.6 is 12.4 Å². The second-order valence-electron chi connectivity index (χ2n) is 7.05. The van der Waals surface area contributed by atoms with Crippen LogP contribution in [0, 0.1) is 0 Å². The van der Waals surface area contributed by atoms with Gasteiger partial charge in [-0.25, -0.2) is 0 Å². The van der Waals surface area contributed by atoms with Crippen molar-refractivity contribution in [2.75, 3.05) is 57.3 Å². The van der Waals surface area contributed by atoms with Crippen LogP contribution in [0.4, 0.5) is 5.69 Å². The molecule has 3 heterocycles.